The molecule has 0 saturated carbocycles. The molecule has 4 aromatic carbocycles. The molecule has 152 valence electrons. The summed E-state index contributed by atoms with van der Waals surface area (Å²) in [6, 6.07) is 43.0. The summed E-state index contributed by atoms with van der Waals surface area (Å²) < 4.78 is 0. The van der Waals surface area contributed by atoms with Crippen LogP contribution >= 0.6 is 11.6 Å². The van der Waals surface area contributed by atoms with Gasteiger partial charge in [0.15, 0.2) is 8.07 Å². The third kappa shape index (κ3) is 4.48. The molecule has 31 heavy (non-hydrogen) atoms. The lowest BCUT2D eigenvalue weighted by Gasteiger charge is -2.35. The van der Waals surface area contributed by atoms with Crippen molar-refractivity contribution in [3.63, 3.8) is 0 Å². The van der Waals surface area contributed by atoms with Crippen LogP contribution in [-0.2, 0) is 0 Å². The highest BCUT2D eigenvalue weighted by Crippen LogP contribution is 2.19. The highest BCUT2D eigenvalue weighted by Gasteiger charge is 2.42. The zero-order chi connectivity index (χ0) is 21.4. The van der Waals surface area contributed by atoms with Gasteiger partial charge in [0.2, 0.25) is 0 Å². The molecule has 0 radical (unpaired) electrons. The summed E-state index contributed by atoms with van der Waals surface area (Å²) in [7, 11) is -2.51. The van der Waals surface area contributed by atoms with Gasteiger partial charge in [-0.1, -0.05) is 145 Å². The van der Waals surface area contributed by atoms with Crippen molar-refractivity contribution in [2.45, 2.75) is 0 Å². The lowest BCUT2D eigenvalue weighted by molar-refractivity contribution is 1.57. The molecule has 0 fully saturated rings. The van der Waals surface area contributed by atoms with E-state index >= 15 is 0 Å². The molecule has 0 aliphatic heterocycles. The minimum absolute atomic E-state index is 0.476. The molecule has 0 saturated heterocycles. The smallest absolute Gasteiger partial charge is 0.122 e. The first-order chi connectivity index (χ1) is 15.4. The van der Waals surface area contributed by atoms with Gasteiger partial charge in [-0.05, 0) is 21.1 Å². The highest BCUT2D eigenvalue weighted by atomic mass is 35.5. The Labute approximate surface area is 191 Å². The summed E-state index contributed by atoms with van der Waals surface area (Å²) in [6.07, 6.45) is 6.52. The quantitative estimate of drug-likeness (QED) is 0.154. The van der Waals surface area contributed by atoms with Crippen LogP contribution in [0, 0.1) is 0 Å². The fourth-order valence-electron chi connectivity index (χ4n) is 4.23. The van der Waals surface area contributed by atoms with Crippen molar-refractivity contribution in [3.05, 3.63) is 144 Å². The van der Waals surface area contributed by atoms with E-state index in [0.29, 0.717) is 5.88 Å². The number of allylic oxidation sites excluding steroid dienone is 3. The van der Waals surface area contributed by atoms with Gasteiger partial charge >= 0.3 is 0 Å². The second-order valence-corrected chi connectivity index (χ2v) is 11.6. The van der Waals surface area contributed by atoms with Crippen molar-refractivity contribution in [2.24, 2.45) is 0 Å². The number of rotatable bonds is 7. The Morgan fingerprint density at radius 2 is 0.968 bits per heavy atom. The van der Waals surface area contributed by atoms with Crippen LogP contribution in [0.1, 0.15) is 5.56 Å². The van der Waals surface area contributed by atoms with Crippen molar-refractivity contribution in [3.8, 4) is 0 Å². The summed E-state index contributed by atoms with van der Waals surface area (Å²) in [6.45, 7) is 0. The van der Waals surface area contributed by atoms with Crippen LogP contribution in [0.15, 0.2) is 139 Å². The van der Waals surface area contributed by atoms with Crippen LogP contribution in [0.5, 0.6) is 0 Å². The van der Waals surface area contributed by atoms with E-state index in [1.54, 1.807) is 0 Å². The molecule has 4 aromatic rings. The molecular formula is C29H25ClSi. The van der Waals surface area contributed by atoms with Crippen molar-refractivity contribution >= 4 is 41.3 Å². The van der Waals surface area contributed by atoms with Crippen LogP contribution in [0.2, 0.25) is 0 Å². The second-order valence-electron chi connectivity index (χ2n) is 7.44. The van der Waals surface area contributed by atoms with Gasteiger partial charge in [0, 0.05) is 5.88 Å². The van der Waals surface area contributed by atoms with E-state index in [2.05, 4.69) is 133 Å². The number of benzene rings is 4. The zero-order valence-electron chi connectivity index (χ0n) is 17.4. The van der Waals surface area contributed by atoms with Crippen molar-refractivity contribution in [1.82, 2.24) is 0 Å². The van der Waals surface area contributed by atoms with Gasteiger partial charge in [0.25, 0.3) is 0 Å². The minimum Gasteiger partial charge on any atom is -0.122 e. The summed E-state index contributed by atoms with van der Waals surface area (Å²) in [5, 5.41) is 5.29. The monoisotopic (exact) mass is 436 g/mol. The second kappa shape index (κ2) is 10.3. The van der Waals surface area contributed by atoms with Gasteiger partial charge in [-0.15, -0.1) is 11.6 Å². The summed E-state index contributed by atoms with van der Waals surface area (Å²) >= 11 is 6.72. The molecule has 0 atom stereocenters. The maximum Gasteiger partial charge on any atom is 0.176 e. The Hall–Kier alpha value is -3.13. The predicted octanol–water partition coefficient (Wildman–Crippen LogP) is 5.57. The van der Waals surface area contributed by atoms with Crippen LogP contribution in [-0.4, -0.2) is 14.0 Å². The maximum absolute atomic E-state index is 6.72. The number of alkyl halides is 1. The Balaban J connectivity index is 1.96. The first-order valence-electron chi connectivity index (χ1n) is 10.5. The largest absolute Gasteiger partial charge is 0.176 e. The van der Waals surface area contributed by atoms with Gasteiger partial charge in [-0.3, -0.25) is 0 Å². The average Bonchev–Trinajstić information content (AvgIpc) is 2.86. The van der Waals surface area contributed by atoms with E-state index in [4.69, 9.17) is 11.6 Å². The summed E-state index contributed by atoms with van der Waals surface area (Å²) in [5.74, 6) is 0.476. The molecular weight excluding hydrogens is 412 g/mol. The topological polar surface area (TPSA) is 0 Å². The van der Waals surface area contributed by atoms with E-state index in [1.165, 1.54) is 26.3 Å². The van der Waals surface area contributed by atoms with Gasteiger partial charge < -0.3 is 0 Å². The average molecular weight is 437 g/mol. The lowest BCUT2D eigenvalue weighted by Crippen LogP contribution is -2.69. The molecule has 4 rings (SSSR count). The van der Waals surface area contributed by atoms with Gasteiger partial charge in [-0.25, -0.2) is 0 Å². The van der Waals surface area contributed by atoms with Crippen LogP contribution in [0.4, 0.5) is 0 Å². The Morgan fingerprint density at radius 1 is 0.581 bits per heavy atom. The summed E-state index contributed by atoms with van der Waals surface area (Å²) in [5.41, 5.74) is 1.18. The molecule has 0 N–H and O–H groups in total. The maximum atomic E-state index is 6.72. The molecule has 0 amide bonds. The normalized spacial score (nSPS) is 12.2. The van der Waals surface area contributed by atoms with E-state index in [0.717, 1.165) is 0 Å². The molecule has 0 heterocycles. The summed E-state index contributed by atoms with van der Waals surface area (Å²) in [4.78, 5) is 0. The SMILES string of the molecule is ClC/C(=C/C=C\c1ccccc1)[Si](c1ccccc1)(c1ccccc1)c1ccccc1. The Bertz CT molecular complexity index is 1040. The van der Waals surface area contributed by atoms with E-state index in [1.807, 2.05) is 6.07 Å². The Kier molecular flexibility index (Phi) is 6.98. The van der Waals surface area contributed by atoms with Crippen molar-refractivity contribution in [1.29, 1.82) is 0 Å². The molecule has 0 bridgehead atoms. The van der Waals surface area contributed by atoms with Crippen LogP contribution < -0.4 is 15.6 Å². The molecule has 0 aromatic heterocycles. The van der Waals surface area contributed by atoms with E-state index in [9.17, 15) is 0 Å². The minimum atomic E-state index is -2.51. The van der Waals surface area contributed by atoms with Crippen molar-refractivity contribution in [2.75, 3.05) is 5.88 Å². The zero-order valence-corrected chi connectivity index (χ0v) is 19.1. The predicted molar refractivity (Wildman–Crippen MR) is 138 cm³/mol. The Morgan fingerprint density at radius 3 is 1.35 bits per heavy atom. The first kappa shape index (κ1) is 21.1. The van der Waals surface area contributed by atoms with Gasteiger partial charge in [0.05, 0.1) is 0 Å². The third-order valence-electron chi connectivity index (χ3n) is 5.63. The standard InChI is InChI=1S/C29H25ClSi/c30-24-29(23-13-16-25-14-5-1-6-15-25)31(26-17-7-2-8-18-26,27-19-9-3-10-20-27)28-21-11-4-12-22-28/h1-23H,24H2/b16-13-,29-23-. The van der Waals surface area contributed by atoms with Crippen LogP contribution in [0.25, 0.3) is 6.08 Å². The van der Waals surface area contributed by atoms with E-state index in [-0.39, 0.29) is 0 Å². The van der Waals surface area contributed by atoms with E-state index < -0.39 is 8.07 Å². The fraction of sp³-hybridized carbons (Fsp3) is 0.0345. The number of halogens is 1. The fourth-order valence-corrected chi connectivity index (χ4v) is 9.66. The number of hydrogen-bond donors (Lipinski definition) is 0. The lowest BCUT2D eigenvalue weighted by atomic mass is 10.2. The molecule has 0 unspecified atom stereocenters. The first-order valence-corrected chi connectivity index (χ1v) is 13.0. The molecule has 0 aliphatic rings. The highest BCUT2D eigenvalue weighted by molar-refractivity contribution is 7.16. The molecule has 0 nitrogen and oxygen atoms in total. The molecule has 0 spiro atoms. The van der Waals surface area contributed by atoms with Crippen molar-refractivity contribution < 1.29 is 0 Å². The van der Waals surface area contributed by atoms with Crippen LogP contribution in [0.3, 0.4) is 0 Å². The number of hydrogen-bond acceptors (Lipinski definition) is 0. The van der Waals surface area contributed by atoms with Gasteiger partial charge in [0.1, 0.15) is 0 Å². The third-order valence-corrected chi connectivity index (χ3v) is 11.0. The van der Waals surface area contributed by atoms with Gasteiger partial charge in [-0.2, -0.15) is 0 Å². The molecule has 0 aliphatic carbocycles. The molecule has 2 heteroatoms.